The third-order valence-corrected chi connectivity index (χ3v) is 4.68. The molecule has 2 unspecified atom stereocenters. The lowest BCUT2D eigenvalue weighted by molar-refractivity contribution is -0.383. The lowest BCUT2D eigenvalue weighted by Crippen LogP contribution is -2.63. The quantitative estimate of drug-likeness (QED) is 0.254. The first-order valence-electron chi connectivity index (χ1n) is 7.95. The Morgan fingerprint density at radius 3 is 1.13 bits per heavy atom. The van der Waals surface area contributed by atoms with Gasteiger partial charge in [-0.25, -0.2) is 26.3 Å². The van der Waals surface area contributed by atoms with Crippen molar-refractivity contribution in [2.24, 2.45) is 0 Å². The summed E-state index contributed by atoms with van der Waals surface area (Å²) >= 11 is 0. The van der Waals surface area contributed by atoms with Crippen LogP contribution in [0, 0.1) is 0 Å². The summed E-state index contributed by atoms with van der Waals surface area (Å²) in [4.78, 5) is 0. The average molecular weight is 646 g/mol. The Balaban J connectivity index is 0. The minimum atomic E-state index is -7.86. The number of hydrogen-bond donors (Lipinski definition) is 1. The zero-order valence-corrected chi connectivity index (χ0v) is 17.4. The van der Waals surface area contributed by atoms with Crippen LogP contribution in [-0.2, 0) is 14.3 Å². The minimum Gasteiger partial charge on any atom is -0.390 e. The molecule has 232 valence electrons. The second kappa shape index (κ2) is 11.1. The highest BCUT2D eigenvalue weighted by Crippen LogP contribution is 2.55. The van der Waals surface area contributed by atoms with E-state index in [9.17, 15) is 101 Å². The molecule has 0 aromatic rings. The molecule has 0 saturated heterocycles. The Morgan fingerprint density at radius 2 is 0.895 bits per heavy atom. The third-order valence-electron chi connectivity index (χ3n) is 3.36. The van der Waals surface area contributed by atoms with Crippen molar-refractivity contribution in [2.45, 2.75) is 59.8 Å². The van der Waals surface area contributed by atoms with Crippen LogP contribution in [0.25, 0.3) is 0 Å². The van der Waals surface area contributed by atoms with E-state index in [1.165, 1.54) is 0 Å². The molecule has 0 aliphatic carbocycles. The topological polar surface area (TPSA) is 63.6 Å². The smallest absolute Gasteiger partial charge is 0.390 e. The summed E-state index contributed by atoms with van der Waals surface area (Å²) in [6.07, 6.45) is -29.1. The second-order valence-corrected chi connectivity index (χ2v) is 8.02. The second-order valence-electron chi connectivity index (χ2n) is 6.37. The van der Waals surface area contributed by atoms with E-state index in [0.29, 0.717) is 0 Å². The molecule has 0 aliphatic rings. The molecule has 0 amide bonds. The molecule has 0 heterocycles. The van der Waals surface area contributed by atoms with E-state index in [2.05, 4.69) is 4.18 Å². The Labute approximate surface area is 194 Å². The maximum atomic E-state index is 13.0. The molecule has 0 aromatic heterocycles. The molecule has 0 aliphatic heterocycles. The summed E-state index contributed by atoms with van der Waals surface area (Å²) < 4.78 is 277. The van der Waals surface area contributed by atoms with E-state index in [4.69, 9.17) is 5.11 Å². The summed E-state index contributed by atoms with van der Waals surface area (Å²) in [6.45, 7) is -5.73. The normalized spacial score (nSPS) is 17.0. The Bertz CT molecular complexity index is 870. The van der Waals surface area contributed by atoms with Gasteiger partial charge in [-0.3, -0.25) is 4.18 Å². The van der Waals surface area contributed by atoms with Crippen molar-refractivity contribution in [3.05, 3.63) is 0 Å². The number of alkyl halides is 21. The highest BCUT2D eigenvalue weighted by Gasteiger charge is 2.86. The van der Waals surface area contributed by atoms with Crippen LogP contribution in [0.4, 0.5) is 92.2 Å². The summed E-state index contributed by atoms with van der Waals surface area (Å²) in [5, 5.41) is 0.0675. The first-order valence-corrected chi connectivity index (χ1v) is 9.36. The fourth-order valence-corrected chi connectivity index (χ4v) is 2.28. The van der Waals surface area contributed by atoms with E-state index in [1.807, 2.05) is 0 Å². The summed E-state index contributed by atoms with van der Waals surface area (Å²) in [5.41, 5.74) is 0. The number of halogens is 21. The number of hydrogen-bond acceptors (Lipinski definition) is 4. The fourth-order valence-electron chi connectivity index (χ4n) is 1.38. The van der Waals surface area contributed by atoms with E-state index < -0.39 is 83.1 Å². The van der Waals surface area contributed by atoms with Crippen molar-refractivity contribution >= 4 is 10.1 Å². The fraction of sp³-hybridized carbons (Fsp3) is 1.00. The summed E-state index contributed by atoms with van der Waals surface area (Å²) in [7, 11) is -7.85. The van der Waals surface area contributed by atoms with Crippen molar-refractivity contribution in [3.63, 3.8) is 0 Å². The van der Waals surface area contributed by atoms with Crippen molar-refractivity contribution in [1.82, 2.24) is 0 Å². The minimum absolute atomic E-state index is 2.16. The van der Waals surface area contributed by atoms with Crippen LogP contribution in [0.15, 0.2) is 0 Å². The molecule has 0 bridgehead atoms. The molecular weight excluding hydrogens is 639 g/mol. The van der Waals surface area contributed by atoms with Crippen LogP contribution < -0.4 is 0 Å². The molecule has 0 aromatic carbocycles. The number of aliphatic hydroxyl groups is 1. The van der Waals surface area contributed by atoms with Crippen molar-refractivity contribution in [3.8, 4) is 0 Å². The van der Waals surface area contributed by atoms with Gasteiger partial charge in [-0.05, 0) is 0 Å². The maximum absolute atomic E-state index is 13.0. The van der Waals surface area contributed by atoms with Gasteiger partial charge in [0, 0.05) is 0 Å². The lowest BCUT2D eigenvalue weighted by Gasteiger charge is -2.33. The average Bonchev–Trinajstić information content (AvgIpc) is 2.69. The van der Waals surface area contributed by atoms with E-state index in [1.54, 1.807) is 0 Å². The van der Waals surface area contributed by atoms with E-state index in [-0.39, 0.29) is 0 Å². The molecule has 0 radical (unpaired) electrons. The largest absolute Gasteiger partial charge is 0.460 e. The molecule has 0 rings (SSSR count). The van der Waals surface area contributed by atoms with Crippen LogP contribution >= 0.6 is 0 Å². The van der Waals surface area contributed by atoms with Gasteiger partial charge in [0.05, 0.1) is 0 Å². The summed E-state index contributed by atoms with van der Waals surface area (Å²) in [6, 6.07) is 0. The molecule has 4 nitrogen and oxygen atoms in total. The van der Waals surface area contributed by atoms with Gasteiger partial charge < -0.3 is 5.11 Å². The van der Waals surface area contributed by atoms with Gasteiger partial charge in [0.2, 0.25) is 0 Å². The van der Waals surface area contributed by atoms with Crippen molar-refractivity contribution in [1.29, 1.82) is 0 Å². The van der Waals surface area contributed by atoms with Crippen molar-refractivity contribution in [2.75, 3.05) is 13.2 Å². The standard InChI is InChI=1S/C8H3F15O3S.C4H4F6O/c9-2(4(12,13)14)3(10,11)1-26-27(24,25)8(22,23)6(17,18)5(15,16)7(19,20)21;5-2(4(8,9)10)3(6,7)1-11/h2H,1H2;2,11H,1H2. The highest BCUT2D eigenvalue weighted by molar-refractivity contribution is 7.87. The Morgan fingerprint density at radius 1 is 0.579 bits per heavy atom. The van der Waals surface area contributed by atoms with Gasteiger partial charge in [0.15, 0.2) is 0 Å². The predicted molar refractivity (Wildman–Crippen MR) is 74.6 cm³/mol. The zero-order valence-electron chi connectivity index (χ0n) is 16.6. The van der Waals surface area contributed by atoms with E-state index in [0.717, 1.165) is 0 Å². The molecule has 0 fully saturated rings. The third kappa shape index (κ3) is 8.20. The van der Waals surface area contributed by atoms with Gasteiger partial charge in [-0.2, -0.15) is 74.3 Å². The molecule has 2 atom stereocenters. The van der Waals surface area contributed by atoms with Crippen LogP contribution in [0.1, 0.15) is 0 Å². The highest BCUT2D eigenvalue weighted by atomic mass is 32.2. The predicted octanol–water partition coefficient (Wildman–Crippen LogP) is 5.81. The molecule has 38 heavy (non-hydrogen) atoms. The van der Waals surface area contributed by atoms with Crippen LogP contribution in [-0.4, -0.2) is 86.6 Å². The van der Waals surface area contributed by atoms with Gasteiger partial charge in [-0.1, -0.05) is 0 Å². The van der Waals surface area contributed by atoms with Crippen molar-refractivity contribution < 1.29 is 110 Å². The Kier molecular flexibility index (Phi) is 11.3. The van der Waals surface area contributed by atoms with Gasteiger partial charge in [0.25, 0.3) is 12.3 Å². The van der Waals surface area contributed by atoms with Crippen LogP contribution in [0.2, 0.25) is 0 Å². The number of rotatable bonds is 9. The zero-order chi connectivity index (χ0) is 31.8. The molecule has 26 heteroatoms. The SMILES string of the molecule is O=S(=O)(OCC(F)(F)C(F)C(F)(F)F)C(F)(F)C(F)(F)C(F)(F)C(F)(F)F.OCC(F)(F)C(F)C(F)(F)F. The first kappa shape index (κ1) is 38.5. The molecular formula is C12H7F21O4S. The van der Waals surface area contributed by atoms with E-state index >= 15 is 0 Å². The molecule has 0 spiro atoms. The van der Waals surface area contributed by atoms with Gasteiger partial charge in [-0.15, -0.1) is 0 Å². The van der Waals surface area contributed by atoms with Gasteiger partial charge in [0.1, 0.15) is 13.2 Å². The number of aliphatic hydroxyl groups excluding tert-OH is 1. The van der Waals surface area contributed by atoms with Crippen LogP contribution in [0.5, 0.6) is 0 Å². The molecule has 1 N–H and O–H groups in total. The maximum Gasteiger partial charge on any atom is 0.460 e. The first-order chi connectivity index (χ1) is 16.1. The van der Waals surface area contributed by atoms with Crippen LogP contribution in [0.3, 0.4) is 0 Å². The Hall–Kier alpha value is -1.60. The van der Waals surface area contributed by atoms with Gasteiger partial charge >= 0.3 is 57.6 Å². The monoisotopic (exact) mass is 646 g/mol. The lowest BCUT2D eigenvalue weighted by atomic mass is 10.1. The summed E-state index contributed by atoms with van der Waals surface area (Å²) in [5.74, 6) is -26.4. The molecule has 0 saturated carbocycles.